The Kier molecular flexibility index (Phi) is 10.8. The smallest absolute Gasteiger partial charge is 0.411 e. The van der Waals surface area contributed by atoms with Crippen LogP contribution in [0.1, 0.15) is 57.9 Å². The second kappa shape index (κ2) is 13.0. The molecular weight excluding hydrogens is 390 g/mol. The van der Waals surface area contributed by atoms with Crippen molar-refractivity contribution >= 4 is 11.8 Å². The number of benzene rings is 1. The quantitative estimate of drug-likeness (QED) is 0.458. The van der Waals surface area contributed by atoms with Crippen LogP contribution in [0.15, 0.2) is 24.3 Å². The minimum atomic E-state index is -0.868. The minimum absolute atomic E-state index is 0.0368. The Morgan fingerprint density at radius 1 is 1.06 bits per heavy atom. The maximum Gasteiger partial charge on any atom is 0.411 e. The number of hydrogen-bond donors (Lipinski definition) is 1. The highest BCUT2D eigenvalue weighted by molar-refractivity contribution is 5.86. The van der Waals surface area contributed by atoms with Crippen molar-refractivity contribution in [3.05, 3.63) is 29.8 Å². The van der Waals surface area contributed by atoms with E-state index in [0.29, 0.717) is 6.54 Å². The predicted molar refractivity (Wildman–Crippen MR) is 128 cm³/mol. The molecule has 1 fully saturated rings. The van der Waals surface area contributed by atoms with Crippen molar-refractivity contribution in [1.82, 2.24) is 9.80 Å². The van der Waals surface area contributed by atoms with Gasteiger partial charge in [0.1, 0.15) is 0 Å². The highest BCUT2D eigenvalue weighted by atomic mass is 16.5. The first-order valence-electron chi connectivity index (χ1n) is 11.9. The lowest BCUT2D eigenvalue weighted by molar-refractivity contribution is 0.0371. The number of amides is 1. The Balaban J connectivity index is 1.74. The molecule has 1 heterocycles. The first-order chi connectivity index (χ1) is 14.8. The zero-order valence-electron chi connectivity index (χ0n) is 20.1. The standard InChI is InChI=1S/C25H43N3O3/c1-25(2,21-26(3)4)22-12-11-13-23(20-22)28(24(29)30)15-10-8-6-5-7-9-14-27-16-18-31-19-17-27/h11-13,20H,5-10,14-19,21H2,1-4H3,(H,29,30). The molecule has 1 saturated heterocycles. The number of ether oxygens (including phenoxy) is 1. The van der Waals surface area contributed by atoms with Crippen molar-refractivity contribution in [2.45, 2.75) is 57.8 Å². The third-order valence-electron chi connectivity index (χ3n) is 6.09. The number of anilines is 1. The SMILES string of the molecule is CN(C)CC(C)(C)c1cccc(N(CCCCCCCCN2CCOCC2)C(=O)O)c1. The molecule has 1 aromatic carbocycles. The Morgan fingerprint density at radius 2 is 1.71 bits per heavy atom. The molecule has 1 aliphatic rings. The maximum atomic E-state index is 11.9. The van der Waals surface area contributed by atoms with Crippen molar-refractivity contribution in [3.8, 4) is 0 Å². The van der Waals surface area contributed by atoms with Gasteiger partial charge in [-0.1, -0.05) is 51.7 Å². The van der Waals surface area contributed by atoms with Gasteiger partial charge in [-0.05, 0) is 51.2 Å². The number of carboxylic acid groups (broad SMARTS) is 1. The maximum absolute atomic E-state index is 11.9. The van der Waals surface area contributed by atoms with Crippen LogP contribution in [0.3, 0.4) is 0 Å². The number of unbranched alkanes of at least 4 members (excludes halogenated alkanes) is 5. The van der Waals surface area contributed by atoms with Crippen molar-refractivity contribution in [3.63, 3.8) is 0 Å². The van der Waals surface area contributed by atoms with Gasteiger partial charge in [0.15, 0.2) is 0 Å². The van der Waals surface area contributed by atoms with Gasteiger partial charge in [0.25, 0.3) is 0 Å². The number of morpholine rings is 1. The zero-order chi connectivity index (χ0) is 22.7. The molecule has 0 saturated carbocycles. The van der Waals surface area contributed by atoms with E-state index in [4.69, 9.17) is 4.74 Å². The van der Waals surface area contributed by atoms with E-state index in [1.54, 1.807) is 0 Å². The van der Waals surface area contributed by atoms with Gasteiger partial charge in [-0.25, -0.2) is 4.79 Å². The molecule has 1 aliphatic heterocycles. The lowest BCUT2D eigenvalue weighted by Gasteiger charge is -2.30. The largest absolute Gasteiger partial charge is 0.465 e. The van der Waals surface area contributed by atoms with Crippen LogP contribution in [0.2, 0.25) is 0 Å². The summed E-state index contributed by atoms with van der Waals surface area (Å²) in [6.45, 7) is 10.9. The Hall–Kier alpha value is -1.63. The van der Waals surface area contributed by atoms with E-state index in [-0.39, 0.29) is 5.41 Å². The van der Waals surface area contributed by atoms with Crippen molar-refractivity contribution in [2.75, 3.05) is 64.9 Å². The number of nitrogens with zero attached hydrogens (tertiary/aromatic N) is 3. The molecule has 31 heavy (non-hydrogen) atoms. The van der Waals surface area contributed by atoms with E-state index in [1.807, 2.05) is 18.2 Å². The molecule has 0 aromatic heterocycles. The number of likely N-dealkylation sites (N-methyl/N-ethyl adjacent to an activating group) is 1. The Bertz CT molecular complexity index is 657. The fourth-order valence-electron chi connectivity index (χ4n) is 4.45. The fraction of sp³-hybridized carbons (Fsp3) is 0.720. The highest BCUT2D eigenvalue weighted by Gasteiger charge is 2.23. The molecule has 176 valence electrons. The van der Waals surface area contributed by atoms with Gasteiger partial charge in [0.2, 0.25) is 0 Å². The second-order valence-electron chi connectivity index (χ2n) is 9.68. The highest BCUT2D eigenvalue weighted by Crippen LogP contribution is 2.28. The predicted octanol–water partition coefficient (Wildman–Crippen LogP) is 4.68. The van der Waals surface area contributed by atoms with Crippen LogP contribution in [0.4, 0.5) is 10.5 Å². The van der Waals surface area contributed by atoms with Crippen LogP contribution in [-0.4, -0.2) is 81.0 Å². The number of rotatable bonds is 13. The van der Waals surface area contributed by atoms with Gasteiger partial charge in [-0.3, -0.25) is 9.80 Å². The molecule has 1 N–H and O–H groups in total. The fourth-order valence-corrected chi connectivity index (χ4v) is 4.45. The molecule has 6 heteroatoms. The van der Waals surface area contributed by atoms with Crippen LogP contribution in [0.5, 0.6) is 0 Å². The van der Waals surface area contributed by atoms with Gasteiger partial charge in [-0.15, -0.1) is 0 Å². The summed E-state index contributed by atoms with van der Waals surface area (Å²) in [5, 5.41) is 9.77. The van der Waals surface area contributed by atoms with E-state index >= 15 is 0 Å². The summed E-state index contributed by atoms with van der Waals surface area (Å²) in [5.74, 6) is 0. The summed E-state index contributed by atoms with van der Waals surface area (Å²) in [6.07, 6.45) is 6.01. The molecule has 6 nitrogen and oxygen atoms in total. The Labute approximate surface area is 189 Å². The lowest BCUT2D eigenvalue weighted by Crippen LogP contribution is -2.36. The summed E-state index contributed by atoms with van der Waals surface area (Å²) in [6, 6.07) is 8.04. The van der Waals surface area contributed by atoms with Crippen molar-refractivity contribution in [2.24, 2.45) is 0 Å². The summed E-state index contributed by atoms with van der Waals surface area (Å²) in [7, 11) is 4.13. The average molecular weight is 434 g/mol. The Morgan fingerprint density at radius 3 is 2.35 bits per heavy atom. The zero-order valence-corrected chi connectivity index (χ0v) is 20.1. The van der Waals surface area contributed by atoms with Gasteiger partial charge >= 0.3 is 6.09 Å². The molecule has 0 aliphatic carbocycles. The van der Waals surface area contributed by atoms with Gasteiger partial charge in [0, 0.05) is 37.3 Å². The molecule has 2 rings (SSSR count). The molecule has 0 unspecified atom stereocenters. The van der Waals surface area contributed by atoms with E-state index < -0.39 is 6.09 Å². The second-order valence-corrected chi connectivity index (χ2v) is 9.68. The van der Waals surface area contributed by atoms with Crippen LogP contribution < -0.4 is 4.90 Å². The van der Waals surface area contributed by atoms with E-state index in [0.717, 1.165) is 51.4 Å². The van der Waals surface area contributed by atoms with E-state index in [2.05, 4.69) is 43.8 Å². The average Bonchev–Trinajstić information content (AvgIpc) is 2.72. The topological polar surface area (TPSA) is 56.2 Å². The number of carbonyl (C=O) groups is 1. The first kappa shape index (κ1) is 25.6. The van der Waals surface area contributed by atoms with Gasteiger partial charge in [0.05, 0.1) is 13.2 Å². The molecule has 0 atom stereocenters. The van der Waals surface area contributed by atoms with Crippen LogP contribution in [0, 0.1) is 0 Å². The molecule has 1 aromatic rings. The summed E-state index contributed by atoms with van der Waals surface area (Å²) < 4.78 is 5.39. The summed E-state index contributed by atoms with van der Waals surface area (Å²) in [4.78, 5) is 18.1. The molecule has 0 radical (unpaired) electrons. The third kappa shape index (κ3) is 9.17. The monoisotopic (exact) mass is 433 g/mol. The minimum Gasteiger partial charge on any atom is -0.465 e. The van der Waals surface area contributed by atoms with E-state index in [9.17, 15) is 9.90 Å². The summed E-state index contributed by atoms with van der Waals surface area (Å²) >= 11 is 0. The lowest BCUT2D eigenvalue weighted by atomic mass is 9.84. The van der Waals surface area contributed by atoms with Gasteiger partial charge in [-0.2, -0.15) is 0 Å². The van der Waals surface area contributed by atoms with Crippen LogP contribution in [0.25, 0.3) is 0 Å². The van der Waals surface area contributed by atoms with Crippen molar-refractivity contribution in [1.29, 1.82) is 0 Å². The van der Waals surface area contributed by atoms with Crippen molar-refractivity contribution < 1.29 is 14.6 Å². The molecule has 0 spiro atoms. The molecule has 1 amide bonds. The summed E-state index contributed by atoms with van der Waals surface area (Å²) in [5.41, 5.74) is 1.91. The molecular formula is C25H43N3O3. The van der Waals surface area contributed by atoms with Crippen LogP contribution >= 0.6 is 0 Å². The first-order valence-corrected chi connectivity index (χ1v) is 11.9. The number of hydrogen-bond acceptors (Lipinski definition) is 4. The molecule has 0 bridgehead atoms. The van der Waals surface area contributed by atoms with E-state index in [1.165, 1.54) is 42.7 Å². The normalized spacial score (nSPS) is 15.4. The van der Waals surface area contributed by atoms with Crippen LogP contribution in [-0.2, 0) is 10.2 Å². The third-order valence-corrected chi connectivity index (χ3v) is 6.09. The van der Waals surface area contributed by atoms with Gasteiger partial charge < -0.3 is 14.7 Å².